The van der Waals surface area contributed by atoms with Gasteiger partial charge in [-0.25, -0.2) is 0 Å². The lowest BCUT2D eigenvalue weighted by Gasteiger charge is -2.11. The number of rotatable bonds is 4. The van der Waals surface area contributed by atoms with E-state index in [2.05, 4.69) is 54.1 Å². The van der Waals surface area contributed by atoms with Crippen LogP contribution in [-0.4, -0.2) is 12.3 Å². The van der Waals surface area contributed by atoms with Crippen LogP contribution in [0.15, 0.2) is 78.4 Å². The van der Waals surface area contributed by atoms with Crippen LogP contribution in [0.25, 0.3) is 6.08 Å². The quantitative estimate of drug-likeness (QED) is 0.698. The molecule has 0 fully saturated rings. The van der Waals surface area contributed by atoms with Crippen molar-refractivity contribution < 1.29 is 0 Å². The molecule has 0 saturated carbocycles. The molecular formula is C17H17N. The fourth-order valence-corrected chi connectivity index (χ4v) is 1.82. The standard InChI is InChI=1S/C17H17N/c1-2-14-18-17-11-7-6-10-16(17)13-12-15-8-4-3-5-9-15/h2-13,16H,1,14H2. The first-order chi connectivity index (χ1) is 8.90. The van der Waals surface area contributed by atoms with E-state index in [-0.39, 0.29) is 5.92 Å². The third-order valence-electron chi connectivity index (χ3n) is 2.74. The molecule has 1 unspecified atom stereocenters. The molecule has 1 atom stereocenters. The largest absolute Gasteiger partial charge is 0.285 e. The van der Waals surface area contributed by atoms with Crippen molar-refractivity contribution in [3.05, 3.63) is 78.9 Å². The monoisotopic (exact) mass is 235 g/mol. The van der Waals surface area contributed by atoms with Crippen LogP contribution in [0, 0.1) is 5.92 Å². The Kier molecular flexibility index (Phi) is 4.48. The van der Waals surface area contributed by atoms with Gasteiger partial charge in [0, 0.05) is 11.6 Å². The summed E-state index contributed by atoms with van der Waals surface area (Å²) in [5.74, 6) is 0.259. The Bertz CT molecular complexity index is 504. The fraction of sp³-hybridized carbons (Fsp3) is 0.118. The van der Waals surface area contributed by atoms with E-state index in [1.54, 1.807) is 0 Å². The van der Waals surface area contributed by atoms with Crippen molar-refractivity contribution in [1.82, 2.24) is 0 Å². The predicted molar refractivity (Wildman–Crippen MR) is 79.7 cm³/mol. The summed E-state index contributed by atoms with van der Waals surface area (Å²) < 4.78 is 0. The zero-order valence-corrected chi connectivity index (χ0v) is 10.4. The highest BCUT2D eigenvalue weighted by Crippen LogP contribution is 2.13. The van der Waals surface area contributed by atoms with Crippen molar-refractivity contribution in [1.29, 1.82) is 0 Å². The van der Waals surface area contributed by atoms with Gasteiger partial charge in [-0.05, 0) is 11.6 Å². The molecule has 0 aromatic heterocycles. The normalized spacial score (nSPS) is 20.7. The highest BCUT2D eigenvalue weighted by Gasteiger charge is 2.08. The highest BCUT2D eigenvalue weighted by atomic mass is 14.7. The van der Waals surface area contributed by atoms with E-state index in [4.69, 9.17) is 0 Å². The minimum atomic E-state index is 0.259. The number of nitrogens with zero attached hydrogens (tertiary/aromatic N) is 1. The highest BCUT2D eigenvalue weighted by molar-refractivity contribution is 6.00. The van der Waals surface area contributed by atoms with E-state index in [9.17, 15) is 0 Å². The van der Waals surface area contributed by atoms with Gasteiger partial charge >= 0.3 is 0 Å². The van der Waals surface area contributed by atoms with Crippen LogP contribution in [0.2, 0.25) is 0 Å². The van der Waals surface area contributed by atoms with Gasteiger partial charge in [0.15, 0.2) is 0 Å². The summed E-state index contributed by atoms with van der Waals surface area (Å²) in [4.78, 5) is 4.50. The molecule has 1 aromatic carbocycles. The van der Waals surface area contributed by atoms with Crippen LogP contribution in [0.1, 0.15) is 5.56 Å². The van der Waals surface area contributed by atoms with Crippen molar-refractivity contribution in [3.8, 4) is 0 Å². The molecule has 0 bridgehead atoms. The molecule has 90 valence electrons. The van der Waals surface area contributed by atoms with Crippen LogP contribution in [-0.2, 0) is 0 Å². The smallest absolute Gasteiger partial charge is 0.0571 e. The maximum atomic E-state index is 4.50. The number of benzene rings is 1. The van der Waals surface area contributed by atoms with E-state index in [0.717, 1.165) is 5.71 Å². The summed E-state index contributed by atoms with van der Waals surface area (Å²) in [6.45, 7) is 4.37. The van der Waals surface area contributed by atoms with E-state index >= 15 is 0 Å². The molecule has 2 rings (SSSR count). The van der Waals surface area contributed by atoms with Crippen molar-refractivity contribution in [2.24, 2.45) is 10.9 Å². The number of hydrogen-bond acceptors (Lipinski definition) is 1. The molecule has 0 spiro atoms. The van der Waals surface area contributed by atoms with Crippen molar-refractivity contribution in [2.45, 2.75) is 0 Å². The van der Waals surface area contributed by atoms with Gasteiger partial charge in [0.2, 0.25) is 0 Å². The van der Waals surface area contributed by atoms with Crippen LogP contribution in [0.4, 0.5) is 0 Å². The van der Waals surface area contributed by atoms with Gasteiger partial charge in [0.1, 0.15) is 0 Å². The van der Waals surface area contributed by atoms with Gasteiger partial charge in [-0.1, -0.05) is 66.8 Å². The van der Waals surface area contributed by atoms with Crippen molar-refractivity contribution in [3.63, 3.8) is 0 Å². The third-order valence-corrected chi connectivity index (χ3v) is 2.74. The maximum absolute atomic E-state index is 4.50. The second kappa shape index (κ2) is 6.55. The number of hydrogen-bond donors (Lipinski definition) is 0. The molecule has 1 nitrogen and oxygen atoms in total. The van der Waals surface area contributed by atoms with Gasteiger partial charge in [-0.15, -0.1) is 6.58 Å². The number of aliphatic imine (C=N–C) groups is 1. The Labute approximate surface area is 109 Å². The Morgan fingerprint density at radius 1 is 1.17 bits per heavy atom. The number of allylic oxidation sites excluding steroid dienone is 5. The van der Waals surface area contributed by atoms with Gasteiger partial charge in [-0.3, -0.25) is 4.99 Å². The summed E-state index contributed by atoms with van der Waals surface area (Å²) in [6, 6.07) is 10.3. The van der Waals surface area contributed by atoms with E-state index in [1.165, 1.54) is 5.56 Å². The zero-order chi connectivity index (χ0) is 12.6. The molecule has 1 aromatic rings. The van der Waals surface area contributed by atoms with E-state index < -0.39 is 0 Å². The summed E-state index contributed by atoms with van der Waals surface area (Å²) in [6.07, 6.45) is 14.4. The first-order valence-corrected chi connectivity index (χ1v) is 6.13. The average molecular weight is 235 g/mol. The zero-order valence-electron chi connectivity index (χ0n) is 10.4. The summed E-state index contributed by atoms with van der Waals surface area (Å²) >= 11 is 0. The van der Waals surface area contributed by atoms with Gasteiger partial charge in [0.25, 0.3) is 0 Å². The lowest BCUT2D eigenvalue weighted by atomic mass is 9.97. The van der Waals surface area contributed by atoms with Crippen LogP contribution < -0.4 is 0 Å². The molecule has 0 heterocycles. The molecular weight excluding hydrogens is 218 g/mol. The van der Waals surface area contributed by atoms with Crippen LogP contribution >= 0.6 is 0 Å². The first-order valence-electron chi connectivity index (χ1n) is 6.13. The molecule has 0 N–H and O–H groups in total. The second-order valence-electron chi connectivity index (χ2n) is 4.09. The van der Waals surface area contributed by atoms with Gasteiger partial charge < -0.3 is 0 Å². The molecule has 1 aliphatic carbocycles. The second-order valence-corrected chi connectivity index (χ2v) is 4.09. The van der Waals surface area contributed by atoms with E-state index in [1.807, 2.05) is 30.4 Å². The minimum absolute atomic E-state index is 0.259. The molecule has 1 heteroatoms. The van der Waals surface area contributed by atoms with Crippen molar-refractivity contribution in [2.75, 3.05) is 6.54 Å². The van der Waals surface area contributed by atoms with E-state index in [0.29, 0.717) is 6.54 Å². The SMILES string of the molecule is C=CCN=C1C=CC=CC1C=Cc1ccccc1. The van der Waals surface area contributed by atoms with Crippen LogP contribution in [0.3, 0.4) is 0 Å². The Morgan fingerprint density at radius 2 is 2.00 bits per heavy atom. The molecule has 0 saturated heterocycles. The first kappa shape index (κ1) is 12.3. The molecule has 18 heavy (non-hydrogen) atoms. The Hall–Kier alpha value is -2.15. The molecule has 0 aliphatic heterocycles. The third kappa shape index (κ3) is 3.42. The topological polar surface area (TPSA) is 12.4 Å². The summed E-state index contributed by atoms with van der Waals surface area (Å²) in [5.41, 5.74) is 2.30. The predicted octanol–water partition coefficient (Wildman–Crippen LogP) is 4.07. The van der Waals surface area contributed by atoms with Crippen molar-refractivity contribution >= 4 is 11.8 Å². The molecule has 0 amide bonds. The average Bonchev–Trinajstić information content (AvgIpc) is 2.45. The lowest BCUT2D eigenvalue weighted by molar-refractivity contribution is 1.10. The molecule has 1 aliphatic rings. The summed E-state index contributed by atoms with van der Waals surface area (Å²) in [7, 11) is 0. The summed E-state index contributed by atoms with van der Waals surface area (Å²) in [5, 5.41) is 0. The van der Waals surface area contributed by atoms with Crippen LogP contribution in [0.5, 0.6) is 0 Å². The molecule has 0 radical (unpaired) electrons. The minimum Gasteiger partial charge on any atom is -0.285 e. The fourth-order valence-electron chi connectivity index (χ4n) is 1.82. The van der Waals surface area contributed by atoms with Gasteiger partial charge in [-0.2, -0.15) is 0 Å². The maximum Gasteiger partial charge on any atom is 0.0571 e. The Morgan fingerprint density at radius 3 is 2.78 bits per heavy atom. The lowest BCUT2D eigenvalue weighted by Crippen LogP contribution is -2.09. The Balaban J connectivity index is 2.12. The van der Waals surface area contributed by atoms with Gasteiger partial charge in [0.05, 0.1) is 6.54 Å².